The Morgan fingerprint density at radius 1 is 0.965 bits per heavy atom. The van der Waals surface area contributed by atoms with Gasteiger partial charge in [-0.3, -0.25) is 19.4 Å². The molecule has 1 fully saturated rings. The Kier molecular flexibility index (Phi) is 13.0. The third kappa shape index (κ3) is 8.32. The number of hydrazone groups is 1. The summed E-state index contributed by atoms with van der Waals surface area (Å²) in [4.78, 5) is 40.3. The number of methoxy groups -OCH3 is 1. The molecule has 15 heteroatoms. The monoisotopic (exact) mass is 793 g/mol. The fourth-order valence-electron chi connectivity index (χ4n) is 7.83. The van der Waals surface area contributed by atoms with Crippen LogP contribution in [-0.2, 0) is 23.8 Å². The number of ketones is 1. The van der Waals surface area contributed by atoms with Gasteiger partial charge in [-0.05, 0) is 32.8 Å². The molecule has 0 aliphatic carbocycles. The zero-order chi connectivity index (χ0) is 42.1. The van der Waals surface area contributed by atoms with Gasteiger partial charge in [-0.25, -0.2) is 0 Å². The van der Waals surface area contributed by atoms with Crippen molar-refractivity contribution >= 4 is 40.3 Å². The van der Waals surface area contributed by atoms with Crippen LogP contribution < -0.4 is 10.1 Å². The number of phenolic OH excluding ortho intramolecular Hbond substituents is 3. The number of nitrogens with one attached hydrogen (secondary N) is 1. The van der Waals surface area contributed by atoms with Crippen LogP contribution in [0.2, 0.25) is 0 Å². The van der Waals surface area contributed by atoms with Crippen LogP contribution in [0.15, 0.2) is 41.2 Å². The largest absolute Gasteiger partial charge is 0.507 e. The van der Waals surface area contributed by atoms with E-state index in [1.54, 1.807) is 44.9 Å². The summed E-state index contributed by atoms with van der Waals surface area (Å²) < 4.78 is 23.5. The minimum absolute atomic E-state index is 0.0602. The van der Waals surface area contributed by atoms with Crippen molar-refractivity contribution in [2.24, 2.45) is 28.8 Å². The number of amides is 1. The number of benzene rings is 2. The molecule has 1 saturated heterocycles. The topological polar surface area (TPSA) is 217 Å². The molecule has 15 nitrogen and oxygen atoms in total. The van der Waals surface area contributed by atoms with E-state index in [0.29, 0.717) is 13.1 Å². The second kappa shape index (κ2) is 17.2. The number of allylic oxidation sites excluding steroid dienone is 2. The molecule has 0 spiro atoms. The summed E-state index contributed by atoms with van der Waals surface area (Å²) >= 11 is 0. The highest BCUT2D eigenvalue weighted by Crippen LogP contribution is 2.55. The maximum absolute atomic E-state index is 14.4. The van der Waals surface area contributed by atoms with E-state index >= 15 is 0 Å². The number of aliphatic hydroxyl groups is 2. The number of rotatable bonds is 4. The van der Waals surface area contributed by atoms with Gasteiger partial charge >= 0.3 is 11.8 Å². The Hall–Kier alpha value is -5.12. The normalized spacial score (nSPS) is 32.2. The summed E-state index contributed by atoms with van der Waals surface area (Å²) in [5.41, 5.74) is -0.313. The van der Waals surface area contributed by atoms with Gasteiger partial charge in [0.15, 0.2) is 5.75 Å². The number of esters is 1. The number of fused-ring (bicyclic) bond motifs is 14. The van der Waals surface area contributed by atoms with Crippen LogP contribution >= 0.6 is 0 Å². The van der Waals surface area contributed by atoms with Gasteiger partial charge in [0.2, 0.25) is 0 Å². The highest BCUT2D eigenvalue weighted by Gasteiger charge is 2.50. The molecule has 57 heavy (non-hydrogen) atoms. The predicted molar refractivity (Wildman–Crippen MR) is 212 cm³/mol. The lowest BCUT2D eigenvalue weighted by Gasteiger charge is -2.38. The van der Waals surface area contributed by atoms with E-state index in [9.17, 15) is 39.9 Å². The zero-order valence-electron chi connectivity index (χ0n) is 33.9. The molecule has 2 aromatic carbocycles. The molecule has 4 heterocycles. The molecule has 0 radical (unpaired) electrons. The lowest BCUT2D eigenvalue weighted by Crippen LogP contribution is -2.46. The van der Waals surface area contributed by atoms with Gasteiger partial charge in [0.1, 0.15) is 23.4 Å². The number of nitrogens with zero attached hydrogens (tertiary/aromatic N) is 2. The summed E-state index contributed by atoms with van der Waals surface area (Å²) in [5, 5.41) is 66.5. The number of aliphatic hydroxyl groups excluding tert-OH is 2. The van der Waals surface area contributed by atoms with Crippen LogP contribution in [-0.4, -0.2) is 105 Å². The Bertz CT molecular complexity index is 2020. The first-order valence-corrected chi connectivity index (χ1v) is 19.2. The number of carbonyl (C=O) groups excluding carboxylic acids is 3. The first-order valence-electron chi connectivity index (χ1n) is 19.2. The zero-order valence-corrected chi connectivity index (χ0v) is 33.9. The van der Waals surface area contributed by atoms with E-state index in [2.05, 4.69) is 10.4 Å². The minimum atomic E-state index is -2.03. The second-order valence-electron chi connectivity index (χ2n) is 15.5. The first-order chi connectivity index (χ1) is 26.8. The summed E-state index contributed by atoms with van der Waals surface area (Å²) in [6.07, 6.45) is 6.68. The molecular formula is C42H55N3O12. The minimum Gasteiger partial charge on any atom is -0.507 e. The molecule has 0 saturated carbocycles. The SMILES string of the molecule is CO[C@H]1/C=C/O[C@@]2(C)Oc3c(C)c(O)c4c(O)c(c(C=NN5CCCC5)c(O)c4c3C2=O)NC(=O)/C(C)=C\C=C\[C@H](C)[C@H](O)[C@@H](C)[C@@H](O)[C@H](C)[C@H](OC(C)=O)[C@H]1C. The molecule has 5 bridgehead atoms. The molecule has 310 valence electrons. The van der Waals surface area contributed by atoms with Gasteiger partial charge in [-0.2, -0.15) is 5.10 Å². The van der Waals surface area contributed by atoms with E-state index in [4.69, 9.17) is 18.9 Å². The Balaban J connectivity index is 1.71. The van der Waals surface area contributed by atoms with E-state index < -0.39 is 88.8 Å². The van der Waals surface area contributed by atoms with Crippen LogP contribution in [0, 0.1) is 30.6 Å². The van der Waals surface area contributed by atoms with Gasteiger partial charge in [-0.1, -0.05) is 45.9 Å². The van der Waals surface area contributed by atoms with Gasteiger partial charge in [-0.15, -0.1) is 0 Å². The van der Waals surface area contributed by atoms with Crippen molar-refractivity contribution in [3.8, 4) is 23.0 Å². The first kappa shape index (κ1) is 43.0. The molecule has 6 N–H and O–H groups in total. The Morgan fingerprint density at radius 3 is 2.26 bits per heavy atom. The molecule has 2 aromatic rings. The van der Waals surface area contributed by atoms with Crippen molar-refractivity contribution < 1.29 is 58.9 Å². The Labute approximate surface area is 332 Å². The second-order valence-corrected chi connectivity index (χ2v) is 15.5. The third-order valence-electron chi connectivity index (χ3n) is 11.5. The molecule has 1 amide bonds. The number of carbonyl (C=O) groups is 3. The number of hydrogen-bond donors (Lipinski definition) is 6. The Morgan fingerprint density at radius 2 is 1.63 bits per heavy atom. The van der Waals surface area contributed by atoms with Crippen LogP contribution in [0.1, 0.15) is 82.8 Å². The number of hydrogen-bond acceptors (Lipinski definition) is 14. The van der Waals surface area contributed by atoms with E-state index in [0.717, 1.165) is 12.8 Å². The average molecular weight is 794 g/mol. The van der Waals surface area contributed by atoms with Gasteiger partial charge in [0.05, 0.1) is 53.0 Å². The number of aromatic hydroxyl groups is 3. The molecule has 4 aliphatic rings. The third-order valence-corrected chi connectivity index (χ3v) is 11.5. The predicted octanol–water partition coefficient (Wildman–Crippen LogP) is 5.18. The summed E-state index contributed by atoms with van der Waals surface area (Å²) in [6, 6.07) is 0. The number of ether oxygens (including phenoxy) is 4. The van der Waals surface area contributed by atoms with Crippen molar-refractivity contribution in [2.75, 3.05) is 25.5 Å². The van der Waals surface area contributed by atoms with Gasteiger partial charge in [0, 0.05) is 74.2 Å². The summed E-state index contributed by atoms with van der Waals surface area (Å²) in [6.45, 7) is 13.8. The number of Topliss-reactive ketones (excluding diaryl/α,β-unsaturated/α-hetero) is 1. The summed E-state index contributed by atoms with van der Waals surface area (Å²) in [7, 11) is 1.44. The standard InChI is InChI=1S/C42H55N3O12/c1-20-13-12-14-21(2)41(53)44-32-27(19-43-45-16-10-11-17-45)36(50)29-30(37(32)51)35(49)25(6)39-31(29)40(52)42(8,57-39)55-18-15-28(54-9)22(3)38(56-26(7)46)24(5)34(48)23(4)33(20)47/h12-15,18-20,22-24,28,33-34,38,47-51H,10-11,16-17H2,1-9H3,(H,44,53)/b13-12+,18-15+,21-14-,43-19?/t20-,22-,23+,24-,28-,33-,34+,38+,42-/m0/s1. The van der Waals surface area contributed by atoms with Gasteiger partial charge in [0.25, 0.3) is 11.7 Å². The lowest BCUT2D eigenvalue weighted by molar-refractivity contribution is -0.160. The van der Waals surface area contributed by atoms with Crippen LogP contribution in [0.25, 0.3) is 10.8 Å². The van der Waals surface area contributed by atoms with E-state index in [1.807, 2.05) is 0 Å². The lowest BCUT2D eigenvalue weighted by atomic mass is 9.78. The molecule has 4 aliphatic heterocycles. The van der Waals surface area contributed by atoms with Crippen LogP contribution in [0.5, 0.6) is 23.0 Å². The molecule has 9 atom stereocenters. The smallest absolute Gasteiger partial charge is 0.312 e. The van der Waals surface area contributed by atoms with Crippen LogP contribution in [0.3, 0.4) is 0 Å². The highest BCUT2D eigenvalue weighted by molar-refractivity contribution is 6.23. The van der Waals surface area contributed by atoms with E-state index in [-0.39, 0.29) is 44.5 Å². The summed E-state index contributed by atoms with van der Waals surface area (Å²) in [5.74, 6) is -8.28. The van der Waals surface area contributed by atoms with Crippen molar-refractivity contribution in [1.29, 1.82) is 0 Å². The number of anilines is 1. The maximum Gasteiger partial charge on any atom is 0.312 e. The molecular weight excluding hydrogens is 738 g/mol. The highest BCUT2D eigenvalue weighted by atomic mass is 16.7. The quantitative estimate of drug-likeness (QED) is 0.102. The van der Waals surface area contributed by atoms with Crippen molar-refractivity contribution in [3.63, 3.8) is 0 Å². The van der Waals surface area contributed by atoms with Crippen LogP contribution in [0.4, 0.5) is 5.69 Å². The van der Waals surface area contributed by atoms with E-state index in [1.165, 1.54) is 59.4 Å². The fourth-order valence-corrected chi connectivity index (χ4v) is 7.83. The van der Waals surface area contributed by atoms with Gasteiger partial charge < -0.3 is 49.8 Å². The fraction of sp³-hybridized carbons (Fsp3) is 0.524. The van der Waals surface area contributed by atoms with Crippen molar-refractivity contribution in [1.82, 2.24) is 5.01 Å². The average Bonchev–Trinajstić information content (AvgIpc) is 3.79. The van der Waals surface area contributed by atoms with Crippen molar-refractivity contribution in [2.45, 2.75) is 98.4 Å². The maximum atomic E-state index is 14.4. The van der Waals surface area contributed by atoms with Crippen molar-refractivity contribution in [3.05, 3.63) is 52.8 Å². The molecule has 0 unspecified atom stereocenters. The molecule has 0 aromatic heterocycles. The molecule has 6 rings (SSSR count). The number of phenols is 3.